The van der Waals surface area contributed by atoms with Gasteiger partial charge < -0.3 is 5.32 Å². The number of nitrogens with zero attached hydrogens (tertiary/aromatic N) is 1. The van der Waals surface area contributed by atoms with E-state index in [0.717, 1.165) is 28.5 Å². The van der Waals surface area contributed by atoms with Crippen LogP contribution in [-0.4, -0.2) is 19.6 Å². The van der Waals surface area contributed by atoms with Crippen LogP contribution in [0.4, 0.5) is 11.4 Å². The molecule has 0 aliphatic rings. The summed E-state index contributed by atoms with van der Waals surface area (Å²) in [6, 6.07) is 8.37. The summed E-state index contributed by atoms with van der Waals surface area (Å²) >= 11 is 0. The number of rotatable bonds is 5. The van der Waals surface area contributed by atoms with E-state index in [1.165, 1.54) is 18.2 Å². The van der Waals surface area contributed by atoms with Crippen LogP contribution in [0, 0.1) is 30.9 Å². The first-order valence-electron chi connectivity index (χ1n) is 7.39. The number of aryl methyl sites for hydroxylation is 3. The van der Waals surface area contributed by atoms with Crippen molar-refractivity contribution in [2.24, 2.45) is 0 Å². The Morgan fingerprint density at radius 3 is 2.21 bits per heavy atom. The van der Waals surface area contributed by atoms with Crippen LogP contribution in [0.3, 0.4) is 0 Å². The summed E-state index contributed by atoms with van der Waals surface area (Å²) in [4.78, 5) is 10.4. The fourth-order valence-electron chi connectivity index (χ4n) is 2.82. The van der Waals surface area contributed by atoms with E-state index in [1.807, 2.05) is 32.9 Å². The highest BCUT2D eigenvalue weighted by molar-refractivity contribution is 7.90. The molecule has 2 aromatic rings. The second-order valence-corrected chi connectivity index (χ2v) is 7.90. The second kappa shape index (κ2) is 6.60. The fourth-order valence-corrected chi connectivity index (χ4v) is 3.69. The quantitative estimate of drug-likeness (QED) is 0.659. The van der Waals surface area contributed by atoms with Gasteiger partial charge in [-0.2, -0.15) is 0 Å². The van der Waals surface area contributed by atoms with Gasteiger partial charge in [-0.1, -0.05) is 23.8 Å². The lowest BCUT2D eigenvalue weighted by atomic mass is 10.00. The zero-order valence-corrected chi connectivity index (χ0v) is 14.9. The third kappa shape index (κ3) is 3.73. The predicted molar refractivity (Wildman–Crippen MR) is 94.2 cm³/mol. The van der Waals surface area contributed by atoms with Gasteiger partial charge in [0.25, 0.3) is 0 Å². The van der Waals surface area contributed by atoms with Crippen molar-refractivity contribution in [1.82, 2.24) is 0 Å². The lowest BCUT2D eigenvalue weighted by Gasteiger charge is -2.14. The Bertz CT molecular complexity index is 882. The van der Waals surface area contributed by atoms with E-state index < -0.39 is 20.4 Å². The Kier molecular flexibility index (Phi) is 4.94. The van der Waals surface area contributed by atoms with E-state index in [0.29, 0.717) is 6.54 Å². The minimum absolute atomic E-state index is 0.197. The Hall–Kier alpha value is -2.41. The largest absolute Gasteiger partial charge is 0.375 e. The zero-order chi connectivity index (χ0) is 18.1. The van der Waals surface area contributed by atoms with Gasteiger partial charge in [-0.25, -0.2) is 8.42 Å². The van der Waals surface area contributed by atoms with Crippen LogP contribution >= 0.6 is 0 Å². The Labute approximate surface area is 141 Å². The molecule has 1 N–H and O–H groups in total. The molecule has 6 nitrogen and oxygen atoms in total. The molecule has 7 heteroatoms. The molecular formula is C17H20N2O4S. The predicted octanol–water partition coefficient (Wildman–Crippen LogP) is 3.54. The van der Waals surface area contributed by atoms with E-state index in [9.17, 15) is 18.5 Å². The van der Waals surface area contributed by atoms with Crippen LogP contribution in [0.5, 0.6) is 0 Å². The number of hydrogen-bond donors (Lipinski definition) is 1. The van der Waals surface area contributed by atoms with Crippen LogP contribution < -0.4 is 5.32 Å². The van der Waals surface area contributed by atoms with Crippen molar-refractivity contribution in [3.63, 3.8) is 0 Å². The van der Waals surface area contributed by atoms with Gasteiger partial charge in [0, 0.05) is 12.8 Å². The Morgan fingerprint density at radius 1 is 1.12 bits per heavy atom. The first-order chi connectivity index (χ1) is 11.1. The number of nitrogens with one attached hydrogen (secondary N) is 1. The van der Waals surface area contributed by atoms with Gasteiger partial charge in [-0.3, -0.25) is 10.1 Å². The van der Waals surface area contributed by atoms with Crippen LogP contribution in [0.15, 0.2) is 35.2 Å². The topological polar surface area (TPSA) is 89.3 Å². The number of hydrogen-bond acceptors (Lipinski definition) is 5. The highest BCUT2D eigenvalue weighted by atomic mass is 32.2. The minimum atomic E-state index is -3.69. The van der Waals surface area contributed by atoms with Gasteiger partial charge in [0.05, 0.1) is 4.92 Å². The lowest BCUT2D eigenvalue weighted by molar-refractivity contribution is -0.386. The highest BCUT2D eigenvalue weighted by Gasteiger charge is 2.26. The van der Waals surface area contributed by atoms with Crippen molar-refractivity contribution < 1.29 is 13.3 Å². The number of benzene rings is 2. The fraction of sp³-hybridized carbons (Fsp3) is 0.294. The lowest BCUT2D eigenvalue weighted by Crippen LogP contribution is -2.09. The van der Waals surface area contributed by atoms with Crippen LogP contribution in [0.1, 0.15) is 22.3 Å². The molecule has 0 fully saturated rings. The van der Waals surface area contributed by atoms with E-state index in [4.69, 9.17) is 0 Å². The van der Waals surface area contributed by atoms with Gasteiger partial charge in [-0.15, -0.1) is 0 Å². The number of anilines is 1. The molecular weight excluding hydrogens is 328 g/mol. The maximum absolute atomic E-state index is 11.8. The second-order valence-electron chi connectivity index (χ2n) is 5.91. The number of nitro benzene ring substituents is 1. The molecule has 0 unspecified atom stereocenters. The monoisotopic (exact) mass is 348 g/mol. The molecule has 0 radical (unpaired) electrons. The van der Waals surface area contributed by atoms with E-state index in [1.54, 1.807) is 0 Å². The molecule has 0 heterocycles. The highest BCUT2D eigenvalue weighted by Crippen LogP contribution is 2.32. The molecule has 2 aromatic carbocycles. The standard InChI is InChI=1S/C17H20N2O4S/c1-11-8-12(2)14(13(3)9-11)10-18-15-6-5-7-16(24(4,22)23)17(15)19(20)21/h5-9,18H,10H2,1-4H3. The summed E-state index contributed by atoms with van der Waals surface area (Å²) in [5, 5.41) is 14.4. The van der Waals surface area contributed by atoms with Crippen LogP contribution in [0.25, 0.3) is 0 Å². The third-order valence-electron chi connectivity index (χ3n) is 3.88. The maximum atomic E-state index is 11.8. The average molecular weight is 348 g/mol. The molecule has 0 atom stereocenters. The van der Waals surface area contributed by atoms with Crippen molar-refractivity contribution >= 4 is 21.2 Å². The molecule has 0 saturated carbocycles. The molecule has 0 aliphatic heterocycles. The molecule has 24 heavy (non-hydrogen) atoms. The van der Waals surface area contributed by atoms with Gasteiger partial charge in [0.1, 0.15) is 10.6 Å². The number of nitro groups is 1. The van der Waals surface area contributed by atoms with E-state index >= 15 is 0 Å². The third-order valence-corrected chi connectivity index (χ3v) is 5.01. The Morgan fingerprint density at radius 2 is 1.71 bits per heavy atom. The first-order valence-corrected chi connectivity index (χ1v) is 9.28. The van der Waals surface area contributed by atoms with Crippen LogP contribution in [-0.2, 0) is 16.4 Å². The van der Waals surface area contributed by atoms with Gasteiger partial charge in [0.15, 0.2) is 9.84 Å². The molecule has 0 saturated heterocycles. The van der Waals surface area contributed by atoms with Crippen molar-refractivity contribution in [3.8, 4) is 0 Å². The minimum Gasteiger partial charge on any atom is -0.375 e. The summed E-state index contributed by atoms with van der Waals surface area (Å²) in [6.07, 6.45) is 0.966. The molecule has 128 valence electrons. The Balaban J connectivity index is 2.43. The summed E-state index contributed by atoms with van der Waals surface area (Å²) in [5.74, 6) is 0. The van der Waals surface area contributed by atoms with Gasteiger partial charge in [-0.05, 0) is 49.6 Å². The van der Waals surface area contributed by atoms with E-state index in [2.05, 4.69) is 5.32 Å². The van der Waals surface area contributed by atoms with Crippen molar-refractivity contribution in [1.29, 1.82) is 0 Å². The summed E-state index contributed by atoms with van der Waals surface area (Å²) in [6.45, 7) is 6.36. The smallest absolute Gasteiger partial charge is 0.310 e. The number of para-hydroxylation sites is 1. The summed E-state index contributed by atoms with van der Waals surface area (Å²) in [5.41, 5.74) is 4.15. The summed E-state index contributed by atoms with van der Waals surface area (Å²) < 4.78 is 23.6. The molecule has 0 amide bonds. The molecule has 0 aromatic heterocycles. The SMILES string of the molecule is Cc1cc(C)c(CNc2cccc(S(C)(=O)=O)c2[N+](=O)[O-])c(C)c1. The van der Waals surface area contributed by atoms with Crippen molar-refractivity contribution in [2.45, 2.75) is 32.2 Å². The van der Waals surface area contributed by atoms with E-state index in [-0.39, 0.29) is 10.6 Å². The van der Waals surface area contributed by atoms with Crippen molar-refractivity contribution in [3.05, 3.63) is 62.7 Å². The molecule has 2 rings (SSSR count). The summed E-state index contributed by atoms with van der Waals surface area (Å²) in [7, 11) is -3.69. The number of sulfone groups is 1. The molecule has 0 aliphatic carbocycles. The normalized spacial score (nSPS) is 11.3. The van der Waals surface area contributed by atoms with Crippen LogP contribution in [0.2, 0.25) is 0 Å². The molecule has 0 bridgehead atoms. The van der Waals surface area contributed by atoms with Gasteiger partial charge >= 0.3 is 5.69 Å². The molecule has 0 spiro atoms. The zero-order valence-electron chi connectivity index (χ0n) is 14.1. The average Bonchev–Trinajstić information content (AvgIpc) is 2.44. The maximum Gasteiger partial charge on any atom is 0.310 e. The first kappa shape index (κ1) is 17.9. The van der Waals surface area contributed by atoms with Crippen molar-refractivity contribution in [2.75, 3.05) is 11.6 Å². The van der Waals surface area contributed by atoms with Gasteiger partial charge in [0.2, 0.25) is 0 Å².